The van der Waals surface area contributed by atoms with Gasteiger partial charge in [0.1, 0.15) is 6.61 Å². The Morgan fingerprint density at radius 3 is 2.40 bits per heavy atom. The van der Waals surface area contributed by atoms with Gasteiger partial charge in [0.15, 0.2) is 5.78 Å². The van der Waals surface area contributed by atoms with E-state index in [1.165, 1.54) is 0 Å². The zero-order chi connectivity index (χ0) is 18.5. The number of unbranched alkanes of at least 4 members (excludes halogenated alkanes) is 3. The second-order valence-corrected chi connectivity index (χ2v) is 6.25. The molecule has 138 valence electrons. The smallest absolute Gasteiger partial charge is 0.306 e. The maximum Gasteiger partial charge on any atom is 0.306 e. The van der Waals surface area contributed by atoms with Crippen LogP contribution in [-0.4, -0.2) is 30.8 Å². The third-order valence-electron chi connectivity index (χ3n) is 3.67. The molecule has 1 rings (SSSR count). The Kier molecular flexibility index (Phi) is 10.6. The summed E-state index contributed by atoms with van der Waals surface area (Å²) in [6, 6.07) is 6.54. The number of halogens is 1. The summed E-state index contributed by atoms with van der Waals surface area (Å²) in [4.78, 5) is 35.1. The van der Waals surface area contributed by atoms with Crippen molar-refractivity contribution in [1.29, 1.82) is 0 Å². The molecular weight excluding hydrogens is 342 g/mol. The molecule has 5 nitrogen and oxygen atoms in total. The van der Waals surface area contributed by atoms with Crippen molar-refractivity contribution >= 4 is 29.3 Å². The third-order valence-corrected chi connectivity index (χ3v) is 3.92. The lowest BCUT2D eigenvalue weighted by Crippen LogP contribution is -2.27. The van der Waals surface area contributed by atoms with Crippen molar-refractivity contribution in [2.24, 2.45) is 0 Å². The highest BCUT2D eigenvalue weighted by Gasteiger charge is 2.10. The van der Waals surface area contributed by atoms with Crippen LogP contribution in [0.25, 0.3) is 0 Å². The predicted octanol–water partition coefficient (Wildman–Crippen LogP) is 3.93. The van der Waals surface area contributed by atoms with Crippen LogP contribution in [0, 0.1) is 0 Å². The molecule has 0 unspecified atom stereocenters. The van der Waals surface area contributed by atoms with Crippen molar-refractivity contribution in [3.05, 3.63) is 34.9 Å². The summed E-state index contributed by atoms with van der Waals surface area (Å²) in [6.07, 6.45) is 4.82. The van der Waals surface area contributed by atoms with Crippen molar-refractivity contribution in [3.63, 3.8) is 0 Å². The van der Waals surface area contributed by atoms with E-state index in [9.17, 15) is 14.4 Å². The SMILES string of the molecule is CCCCCCC(=O)NCCOC(=O)CCC(=O)c1ccc(Cl)cc1. The van der Waals surface area contributed by atoms with E-state index in [1.807, 2.05) is 0 Å². The largest absolute Gasteiger partial charge is 0.464 e. The normalized spacial score (nSPS) is 10.3. The summed E-state index contributed by atoms with van der Waals surface area (Å²) in [5, 5.41) is 3.27. The van der Waals surface area contributed by atoms with Crippen LogP contribution in [0.4, 0.5) is 0 Å². The molecule has 0 aromatic heterocycles. The van der Waals surface area contributed by atoms with Crippen LogP contribution in [0.3, 0.4) is 0 Å². The number of benzene rings is 1. The molecule has 1 aromatic rings. The quantitative estimate of drug-likeness (QED) is 0.345. The fourth-order valence-electron chi connectivity index (χ4n) is 2.22. The monoisotopic (exact) mass is 367 g/mol. The average Bonchev–Trinajstić information content (AvgIpc) is 2.61. The standard InChI is InChI=1S/C19H26ClNO4/c1-2-3-4-5-6-18(23)21-13-14-25-19(24)12-11-17(22)15-7-9-16(20)10-8-15/h7-10H,2-6,11-14H2,1H3,(H,21,23). The van der Waals surface area contributed by atoms with E-state index in [1.54, 1.807) is 24.3 Å². The van der Waals surface area contributed by atoms with Crippen LogP contribution in [-0.2, 0) is 14.3 Å². The van der Waals surface area contributed by atoms with Gasteiger partial charge in [-0.05, 0) is 30.7 Å². The fraction of sp³-hybridized carbons (Fsp3) is 0.526. The summed E-state index contributed by atoms with van der Waals surface area (Å²) >= 11 is 5.76. The van der Waals surface area contributed by atoms with Gasteiger partial charge in [-0.15, -0.1) is 0 Å². The molecule has 0 radical (unpaired) electrons. The van der Waals surface area contributed by atoms with E-state index in [0.717, 1.165) is 25.7 Å². The number of rotatable bonds is 12. The van der Waals surface area contributed by atoms with Gasteiger partial charge in [-0.25, -0.2) is 0 Å². The van der Waals surface area contributed by atoms with E-state index >= 15 is 0 Å². The van der Waals surface area contributed by atoms with Crippen molar-refractivity contribution in [3.8, 4) is 0 Å². The van der Waals surface area contributed by atoms with Crippen molar-refractivity contribution < 1.29 is 19.1 Å². The molecular formula is C19H26ClNO4. The maximum atomic E-state index is 11.9. The second-order valence-electron chi connectivity index (χ2n) is 5.81. The summed E-state index contributed by atoms with van der Waals surface area (Å²) in [6.45, 7) is 2.54. The first-order valence-electron chi connectivity index (χ1n) is 8.74. The summed E-state index contributed by atoms with van der Waals surface area (Å²) in [7, 11) is 0. The first kappa shape index (κ1) is 21.2. The molecule has 0 fully saturated rings. The van der Waals surface area contributed by atoms with Crippen molar-refractivity contribution in [1.82, 2.24) is 5.32 Å². The molecule has 25 heavy (non-hydrogen) atoms. The van der Waals surface area contributed by atoms with Crippen molar-refractivity contribution in [2.45, 2.75) is 51.9 Å². The molecule has 1 amide bonds. The topological polar surface area (TPSA) is 72.5 Å². The van der Waals surface area contributed by atoms with Gasteiger partial charge < -0.3 is 10.1 Å². The highest BCUT2D eigenvalue weighted by Crippen LogP contribution is 2.12. The Labute approximate surface area is 154 Å². The molecule has 1 N–H and O–H groups in total. The first-order valence-corrected chi connectivity index (χ1v) is 9.11. The highest BCUT2D eigenvalue weighted by molar-refractivity contribution is 6.30. The van der Waals surface area contributed by atoms with E-state index in [2.05, 4.69) is 12.2 Å². The number of amides is 1. The maximum absolute atomic E-state index is 11.9. The second kappa shape index (κ2) is 12.5. The van der Waals surface area contributed by atoms with Crippen LogP contribution in [0.2, 0.25) is 5.02 Å². The summed E-state index contributed by atoms with van der Waals surface area (Å²) in [5.74, 6) is -0.599. The number of esters is 1. The van der Waals surface area contributed by atoms with E-state index in [0.29, 0.717) is 23.6 Å². The zero-order valence-corrected chi connectivity index (χ0v) is 15.4. The van der Waals surface area contributed by atoms with Gasteiger partial charge in [0.25, 0.3) is 0 Å². The van der Waals surface area contributed by atoms with Gasteiger partial charge in [0.05, 0.1) is 13.0 Å². The Balaban J connectivity index is 2.09. The lowest BCUT2D eigenvalue weighted by molar-refractivity contribution is -0.143. The molecule has 1 aromatic carbocycles. The predicted molar refractivity (Wildman–Crippen MR) is 97.7 cm³/mol. The molecule has 0 aliphatic carbocycles. The minimum Gasteiger partial charge on any atom is -0.464 e. The molecule has 0 heterocycles. The molecule has 0 saturated carbocycles. The number of carbonyl (C=O) groups is 3. The minimum atomic E-state index is -0.445. The van der Waals surface area contributed by atoms with Gasteiger partial charge in [-0.2, -0.15) is 0 Å². The van der Waals surface area contributed by atoms with Crippen molar-refractivity contribution in [2.75, 3.05) is 13.2 Å². The Morgan fingerprint density at radius 2 is 1.72 bits per heavy atom. The van der Waals surface area contributed by atoms with Gasteiger partial charge in [0.2, 0.25) is 5.91 Å². The molecule has 0 bridgehead atoms. The minimum absolute atomic E-state index is 0.0203. The molecule has 0 atom stereocenters. The lowest BCUT2D eigenvalue weighted by atomic mass is 10.1. The fourth-order valence-corrected chi connectivity index (χ4v) is 2.35. The molecule has 0 spiro atoms. The summed E-state index contributed by atoms with van der Waals surface area (Å²) < 4.78 is 5.01. The molecule has 6 heteroatoms. The number of Topliss-reactive ketones (excluding diaryl/α,β-unsaturated/α-hetero) is 1. The van der Waals surface area contributed by atoms with Crippen LogP contribution in [0.15, 0.2) is 24.3 Å². The molecule has 0 aliphatic heterocycles. The lowest BCUT2D eigenvalue weighted by Gasteiger charge is -2.07. The van der Waals surface area contributed by atoms with Crippen LogP contribution in [0.1, 0.15) is 62.2 Å². The first-order chi connectivity index (χ1) is 12.0. The Bertz CT molecular complexity index is 557. The number of nitrogens with one attached hydrogen (secondary N) is 1. The highest BCUT2D eigenvalue weighted by atomic mass is 35.5. The average molecular weight is 368 g/mol. The van der Waals surface area contributed by atoms with E-state index in [-0.39, 0.29) is 31.1 Å². The van der Waals surface area contributed by atoms with Gasteiger partial charge in [-0.1, -0.05) is 37.8 Å². The van der Waals surface area contributed by atoms with Gasteiger partial charge >= 0.3 is 5.97 Å². The number of hydrogen-bond donors (Lipinski definition) is 1. The zero-order valence-electron chi connectivity index (χ0n) is 14.7. The third kappa shape index (κ3) is 9.87. The number of carbonyl (C=O) groups excluding carboxylic acids is 3. The Morgan fingerprint density at radius 1 is 1.00 bits per heavy atom. The number of ether oxygens (including phenoxy) is 1. The number of ketones is 1. The van der Waals surface area contributed by atoms with E-state index in [4.69, 9.17) is 16.3 Å². The van der Waals surface area contributed by atoms with Gasteiger partial charge in [-0.3, -0.25) is 14.4 Å². The number of hydrogen-bond acceptors (Lipinski definition) is 4. The van der Waals surface area contributed by atoms with Crippen LogP contribution < -0.4 is 5.32 Å². The van der Waals surface area contributed by atoms with Crippen LogP contribution in [0.5, 0.6) is 0 Å². The van der Waals surface area contributed by atoms with E-state index < -0.39 is 5.97 Å². The molecule has 0 aliphatic rings. The Hall–Kier alpha value is -1.88. The summed E-state index contributed by atoms with van der Waals surface area (Å²) in [5.41, 5.74) is 0.521. The van der Waals surface area contributed by atoms with Gasteiger partial charge in [0, 0.05) is 23.4 Å². The van der Waals surface area contributed by atoms with Crippen LogP contribution >= 0.6 is 11.6 Å². The molecule has 0 saturated heterocycles.